The van der Waals surface area contributed by atoms with E-state index >= 15 is 0 Å². The van der Waals surface area contributed by atoms with Gasteiger partial charge in [0.05, 0.1) is 12.4 Å². The van der Waals surface area contributed by atoms with E-state index in [1.54, 1.807) is 0 Å². The van der Waals surface area contributed by atoms with Crippen molar-refractivity contribution >= 4 is 11.5 Å². The average molecular weight is 380 g/mol. The molecule has 0 aromatic carbocycles. The van der Waals surface area contributed by atoms with E-state index in [1.807, 2.05) is 34.8 Å². The summed E-state index contributed by atoms with van der Waals surface area (Å²) in [6.07, 6.45) is 14.6. The van der Waals surface area contributed by atoms with Crippen LogP contribution in [0.25, 0.3) is 16.8 Å². The Hall–Kier alpha value is -2.41. The fraction of sp³-hybridized carbons (Fsp3) is 0.571. The lowest BCUT2D eigenvalue weighted by atomic mass is 9.87. The largest absolute Gasteiger partial charge is 0.367 e. The first kappa shape index (κ1) is 17.7. The third-order valence-electron chi connectivity index (χ3n) is 6.22. The highest BCUT2D eigenvalue weighted by Gasteiger charge is 2.22. The minimum absolute atomic E-state index is 0.483. The van der Waals surface area contributed by atoms with Crippen molar-refractivity contribution in [3.05, 3.63) is 30.4 Å². The molecule has 3 aromatic rings. The predicted molar refractivity (Wildman–Crippen MR) is 111 cm³/mol. The molecule has 7 nitrogen and oxygen atoms in total. The van der Waals surface area contributed by atoms with Crippen LogP contribution in [0.1, 0.15) is 56.6 Å². The first-order valence-corrected chi connectivity index (χ1v) is 10.6. The fourth-order valence-electron chi connectivity index (χ4n) is 4.63. The van der Waals surface area contributed by atoms with Gasteiger partial charge in [-0.1, -0.05) is 19.3 Å². The van der Waals surface area contributed by atoms with Crippen LogP contribution in [0.5, 0.6) is 0 Å². The molecule has 2 fully saturated rings. The molecule has 0 unspecified atom stereocenters. The molecule has 1 saturated heterocycles. The molecule has 2 aliphatic rings. The molecule has 1 aliphatic heterocycles. The maximum atomic E-state index is 5.11. The van der Waals surface area contributed by atoms with Crippen LogP contribution >= 0.6 is 0 Å². The maximum Gasteiger partial charge on any atom is 0.165 e. The zero-order valence-electron chi connectivity index (χ0n) is 16.6. The SMILES string of the molecule is Cn1cc(-c2cnn3c(NC4CCNCC4)cc(C4CCCCC4)nc23)cn1. The molecule has 5 rings (SSSR count). The van der Waals surface area contributed by atoms with Gasteiger partial charge < -0.3 is 10.6 Å². The van der Waals surface area contributed by atoms with Crippen molar-refractivity contribution in [3.63, 3.8) is 0 Å². The molecule has 1 saturated carbocycles. The molecule has 0 amide bonds. The second-order valence-corrected chi connectivity index (χ2v) is 8.27. The van der Waals surface area contributed by atoms with Gasteiger partial charge in [0.25, 0.3) is 0 Å². The Labute approximate surface area is 165 Å². The number of nitrogens with one attached hydrogen (secondary N) is 2. The lowest BCUT2D eigenvalue weighted by Gasteiger charge is -2.26. The van der Waals surface area contributed by atoms with Gasteiger partial charge in [-0.25, -0.2) is 4.98 Å². The maximum absolute atomic E-state index is 5.11. The number of piperidine rings is 1. The van der Waals surface area contributed by atoms with E-state index in [0.717, 1.165) is 48.5 Å². The topological polar surface area (TPSA) is 72.1 Å². The van der Waals surface area contributed by atoms with E-state index in [1.165, 1.54) is 37.8 Å². The number of rotatable bonds is 4. The summed E-state index contributed by atoms with van der Waals surface area (Å²) in [4.78, 5) is 5.11. The third-order valence-corrected chi connectivity index (χ3v) is 6.22. The van der Waals surface area contributed by atoms with E-state index in [-0.39, 0.29) is 0 Å². The molecule has 0 radical (unpaired) electrons. The van der Waals surface area contributed by atoms with Crippen molar-refractivity contribution in [2.24, 2.45) is 7.05 Å². The van der Waals surface area contributed by atoms with Gasteiger partial charge in [0, 0.05) is 48.1 Å². The molecule has 0 atom stereocenters. The Bertz CT molecular complexity index is 945. The van der Waals surface area contributed by atoms with E-state index < -0.39 is 0 Å². The van der Waals surface area contributed by atoms with Gasteiger partial charge in [-0.3, -0.25) is 4.68 Å². The Balaban J connectivity index is 1.58. The summed E-state index contributed by atoms with van der Waals surface area (Å²) in [5.74, 6) is 1.64. The van der Waals surface area contributed by atoms with Crippen molar-refractivity contribution < 1.29 is 0 Å². The number of hydrogen-bond acceptors (Lipinski definition) is 5. The predicted octanol–water partition coefficient (Wildman–Crippen LogP) is 3.34. The lowest BCUT2D eigenvalue weighted by Crippen LogP contribution is -2.35. The molecule has 4 heterocycles. The van der Waals surface area contributed by atoms with Gasteiger partial charge in [0.1, 0.15) is 5.82 Å². The number of aryl methyl sites for hydroxylation is 1. The van der Waals surface area contributed by atoms with Gasteiger partial charge in [-0.15, -0.1) is 0 Å². The number of nitrogens with zero attached hydrogens (tertiary/aromatic N) is 5. The van der Waals surface area contributed by atoms with Crippen molar-refractivity contribution in [1.82, 2.24) is 29.7 Å². The molecule has 0 bridgehead atoms. The normalized spacial score (nSPS) is 19.3. The number of hydrogen-bond donors (Lipinski definition) is 2. The quantitative estimate of drug-likeness (QED) is 0.727. The van der Waals surface area contributed by atoms with Gasteiger partial charge in [0.2, 0.25) is 0 Å². The zero-order chi connectivity index (χ0) is 18.9. The molecule has 28 heavy (non-hydrogen) atoms. The Morgan fingerprint density at radius 3 is 2.61 bits per heavy atom. The first-order valence-electron chi connectivity index (χ1n) is 10.6. The third kappa shape index (κ3) is 3.39. The van der Waals surface area contributed by atoms with Gasteiger partial charge in [-0.2, -0.15) is 14.7 Å². The molecular weight excluding hydrogens is 350 g/mol. The van der Waals surface area contributed by atoms with Gasteiger partial charge in [-0.05, 0) is 38.8 Å². The Morgan fingerprint density at radius 1 is 1.04 bits per heavy atom. The zero-order valence-corrected chi connectivity index (χ0v) is 16.6. The standard InChI is InChI=1S/C21H29N7/c1-27-14-16(12-23-27)18-13-24-28-20(25-17-7-9-22-10-8-17)11-19(26-21(18)28)15-5-3-2-4-6-15/h11-15,17,22,25H,2-10H2,1H3. The Morgan fingerprint density at radius 2 is 1.86 bits per heavy atom. The monoisotopic (exact) mass is 379 g/mol. The average Bonchev–Trinajstić information content (AvgIpc) is 3.35. The second kappa shape index (κ2) is 7.54. The summed E-state index contributed by atoms with van der Waals surface area (Å²) in [5, 5.41) is 16.2. The van der Waals surface area contributed by atoms with Crippen LogP contribution in [-0.4, -0.2) is 43.5 Å². The molecule has 7 heteroatoms. The highest BCUT2D eigenvalue weighted by Crippen LogP contribution is 2.34. The molecular formula is C21H29N7. The molecule has 2 N–H and O–H groups in total. The summed E-state index contributed by atoms with van der Waals surface area (Å²) >= 11 is 0. The van der Waals surface area contributed by atoms with E-state index in [4.69, 9.17) is 10.1 Å². The highest BCUT2D eigenvalue weighted by atomic mass is 15.3. The molecule has 148 valence electrons. The summed E-state index contributed by atoms with van der Waals surface area (Å²) in [7, 11) is 1.94. The number of fused-ring (bicyclic) bond motifs is 1. The van der Waals surface area contributed by atoms with Crippen molar-refractivity contribution in [2.45, 2.75) is 56.9 Å². The summed E-state index contributed by atoms with van der Waals surface area (Å²) in [5.41, 5.74) is 4.28. The summed E-state index contributed by atoms with van der Waals surface area (Å²) < 4.78 is 3.81. The van der Waals surface area contributed by atoms with Gasteiger partial charge >= 0.3 is 0 Å². The summed E-state index contributed by atoms with van der Waals surface area (Å²) in [6, 6.07) is 2.74. The van der Waals surface area contributed by atoms with Crippen molar-refractivity contribution in [1.29, 1.82) is 0 Å². The summed E-state index contributed by atoms with van der Waals surface area (Å²) in [6.45, 7) is 2.14. The van der Waals surface area contributed by atoms with Crippen molar-refractivity contribution in [3.8, 4) is 11.1 Å². The van der Waals surface area contributed by atoms with Crippen LogP contribution < -0.4 is 10.6 Å². The number of aromatic nitrogens is 5. The minimum Gasteiger partial charge on any atom is -0.367 e. The van der Waals surface area contributed by atoms with Crippen LogP contribution in [-0.2, 0) is 7.05 Å². The van der Waals surface area contributed by atoms with Gasteiger partial charge in [0.15, 0.2) is 5.65 Å². The minimum atomic E-state index is 0.483. The second-order valence-electron chi connectivity index (χ2n) is 8.27. The Kier molecular flexibility index (Phi) is 4.76. The first-order chi connectivity index (χ1) is 13.8. The van der Waals surface area contributed by atoms with Crippen LogP contribution in [0.15, 0.2) is 24.7 Å². The number of anilines is 1. The molecule has 1 aliphatic carbocycles. The smallest absolute Gasteiger partial charge is 0.165 e. The molecule has 3 aromatic heterocycles. The van der Waals surface area contributed by atoms with Crippen LogP contribution in [0.3, 0.4) is 0 Å². The lowest BCUT2D eigenvalue weighted by molar-refractivity contribution is 0.436. The highest BCUT2D eigenvalue weighted by molar-refractivity contribution is 5.77. The fourth-order valence-corrected chi connectivity index (χ4v) is 4.63. The molecule has 0 spiro atoms. The van der Waals surface area contributed by atoms with E-state index in [2.05, 4.69) is 21.8 Å². The van der Waals surface area contributed by atoms with E-state index in [9.17, 15) is 0 Å². The van der Waals surface area contributed by atoms with E-state index in [0.29, 0.717) is 12.0 Å². The van der Waals surface area contributed by atoms with Crippen molar-refractivity contribution in [2.75, 3.05) is 18.4 Å². The van der Waals surface area contributed by atoms with Crippen LogP contribution in [0.2, 0.25) is 0 Å². The van der Waals surface area contributed by atoms with Crippen LogP contribution in [0.4, 0.5) is 5.82 Å². The van der Waals surface area contributed by atoms with Crippen LogP contribution in [0, 0.1) is 0 Å².